The summed E-state index contributed by atoms with van der Waals surface area (Å²) < 4.78 is 8.04. The summed E-state index contributed by atoms with van der Waals surface area (Å²) in [5.41, 5.74) is 17.2. The number of aromatic nitrogens is 3. The summed E-state index contributed by atoms with van der Waals surface area (Å²) in [6.07, 6.45) is 4.27. The molecule has 2 aromatic heterocycles. The smallest absolute Gasteiger partial charge is 0.207 e. The molecule has 0 amide bonds. The van der Waals surface area contributed by atoms with Crippen molar-refractivity contribution in [2.24, 2.45) is 5.73 Å². The number of rotatable bonds is 6. The summed E-state index contributed by atoms with van der Waals surface area (Å²) in [6, 6.07) is 15.2. The second-order valence-corrected chi connectivity index (χ2v) is 9.78. The van der Waals surface area contributed by atoms with Gasteiger partial charge in [0.1, 0.15) is 4.99 Å². The van der Waals surface area contributed by atoms with Crippen molar-refractivity contribution in [2.75, 3.05) is 24.3 Å². The van der Waals surface area contributed by atoms with Gasteiger partial charge in [-0.2, -0.15) is 0 Å². The lowest BCUT2D eigenvalue weighted by Gasteiger charge is -2.25. The van der Waals surface area contributed by atoms with Crippen molar-refractivity contribution in [1.29, 1.82) is 0 Å². The van der Waals surface area contributed by atoms with Crippen LogP contribution in [-0.2, 0) is 4.74 Å². The van der Waals surface area contributed by atoms with Gasteiger partial charge in [0.2, 0.25) is 10.3 Å². The van der Waals surface area contributed by atoms with Gasteiger partial charge in [-0.25, -0.2) is 0 Å². The Morgan fingerprint density at radius 3 is 2.76 bits per heavy atom. The van der Waals surface area contributed by atoms with Crippen LogP contribution in [0.4, 0.5) is 10.3 Å². The Bertz CT molecular complexity index is 1310. The molecule has 5 N–H and O–H groups in total. The molecule has 33 heavy (non-hydrogen) atoms. The van der Waals surface area contributed by atoms with Gasteiger partial charge >= 0.3 is 0 Å². The van der Waals surface area contributed by atoms with Crippen LogP contribution in [0.15, 0.2) is 48.7 Å². The molecule has 4 aromatic rings. The molecule has 0 aliphatic carbocycles. The number of nitrogens with two attached hydrogens (primary N) is 2. The Balaban J connectivity index is 1.58. The van der Waals surface area contributed by atoms with E-state index < -0.39 is 0 Å². The van der Waals surface area contributed by atoms with Gasteiger partial charge in [0.25, 0.3) is 0 Å². The van der Waals surface area contributed by atoms with Crippen LogP contribution in [0.25, 0.3) is 22.0 Å². The summed E-state index contributed by atoms with van der Waals surface area (Å²) in [4.78, 5) is 0.407. The SMILES string of the molecule is CC(Nc1nnc(N)s1)c1ccc2c(-c3cccc(C(N)=S)c3)cn(C3CCOCC3)c2c1. The fourth-order valence-electron chi connectivity index (χ4n) is 4.43. The van der Waals surface area contributed by atoms with Gasteiger partial charge in [-0.1, -0.05) is 53.9 Å². The zero-order chi connectivity index (χ0) is 22.9. The number of benzene rings is 2. The third-order valence-electron chi connectivity index (χ3n) is 6.18. The molecule has 170 valence electrons. The molecule has 0 spiro atoms. The standard InChI is InChI=1S/C24H26N6OS2/c1-14(27-24-29-28-23(26)33-24)15-5-6-19-20(16-3-2-4-17(11-16)22(25)32)13-30(21(19)12-15)18-7-9-31-10-8-18/h2-6,11-14,18H,7-10H2,1H3,(H2,25,32)(H2,26,28)(H,27,29). The highest BCUT2D eigenvalue weighted by atomic mass is 32.1. The van der Waals surface area contributed by atoms with Gasteiger partial charge in [-0.05, 0) is 43.0 Å². The minimum atomic E-state index is 0.0566. The van der Waals surface area contributed by atoms with E-state index in [9.17, 15) is 0 Å². The van der Waals surface area contributed by atoms with Gasteiger partial charge in [-0.15, -0.1) is 10.2 Å². The van der Waals surface area contributed by atoms with Crippen LogP contribution in [0.1, 0.15) is 43.0 Å². The summed E-state index contributed by atoms with van der Waals surface area (Å²) in [7, 11) is 0. The first-order chi connectivity index (χ1) is 16.0. The van der Waals surface area contributed by atoms with E-state index in [-0.39, 0.29) is 6.04 Å². The van der Waals surface area contributed by atoms with Crippen LogP contribution in [0, 0.1) is 0 Å². The average molecular weight is 479 g/mol. The lowest BCUT2D eigenvalue weighted by Crippen LogP contribution is -2.19. The number of nitrogens with one attached hydrogen (secondary N) is 1. The van der Waals surface area contributed by atoms with Crippen molar-refractivity contribution in [1.82, 2.24) is 14.8 Å². The summed E-state index contributed by atoms with van der Waals surface area (Å²) in [6.45, 7) is 3.69. The lowest BCUT2D eigenvalue weighted by atomic mass is 10.0. The highest BCUT2D eigenvalue weighted by Gasteiger charge is 2.21. The van der Waals surface area contributed by atoms with Crippen LogP contribution in [0.2, 0.25) is 0 Å². The molecule has 7 nitrogen and oxygen atoms in total. The predicted octanol–water partition coefficient (Wildman–Crippen LogP) is 4.90. The van der Waals surface area contributed by atoms with Gasteiger partial charge in [0, 0.05) is 47.5 Å². The number of thiocarbonyl (C=S) groups is 1. The fraction of sp³-hybridized carbons (Fsp3) is 0.292. The van der Waals surface area contributed by atoms with E-state index in [2.05, 4.69) is 63.5 Å². The maximum Gasteiger partial charge on any atom is 0.207 e. The van der Waals surface area contributed by atoms with Crippen LogP contribution in [-0.4, -0.2) is 33.0 Å². The number of hydrogen-bond donors (Lipinski definition) is 3. The number of hydrogen-bond acceptors (Lipinski definition) is 7. The quantitative estimate of drug-likeness (QED) is 0.339. The molecule has 0 saturated carbocycles. The first-order valence-electron chi connectivity index (χ1n) is 11.0. The molecule has 3 heterocycles. The zero-order valence-corrected chi connectivity index (χ0v) is 20.0. The average Bonchev–Trinajstić information content (AvgIpc) is 3.42. The number of anilines is 2. The van der Waals surface area contributed by atoms with E-state index in [1.165, 1.54) is 33.4 Å². The van der Waals surface area contributed by atoms with Crippen LogP contribution < -0.4 is 16.8 Å². The Labute approximate surface area is 201 Å². The molecule has 2 aromatic carbocycles. The molecule has 1 fully saturated rings. The summed E-state index contributed by atoms with van der Waals surface area (Å²) in [5, 5.41) is 13.8. The Kier molecular flexibility index (Phi) is 6.01. The molecule has 1 aliphatic heterocycles. The molecule has 0 bridgehead atoms. The molecule has 5 rings (SSSR count). The first kappa shape index (κ1) is 21.8. The third kappa shape index (κ3) is 4.44. The van der Waals surface area contributed by atoms with Crippen LogP contribution in [0.5, 0.6) is 0 Å². The normalized spacial score (nSPS) is 15.5. The summed E-state index contributed by atoms with van der Waals surface area (Å²) in [5.74, 6) is 0. The van der Waals surface area contributed by atoms with E-state index in [1.54, 1.807) is 0 Å². The Hall–Kier alpha value is -3.01. The number of nitrogens with zero attached hydrogens (tertiary/aromatic N) is 3. The van der Waals surface area contributed by atoms with E-state index in [0.29, 0.717) is 16.2 Å². The molecular weight excluding hydrogens is 452 g/mol. The van der Waals surface area contributed by atoms with Crippen molar-refractivity contribution >= 4 is 49.7 Å². The van der Waals surface area contributed by atoms with E-state index in [1.807, 2.05) is 12.1 Å². The number of fused-ring (bicyclic) bond motifs is 1. The lowest BCUT2D eigenvalue weighted by molar-refractivity contribution is 0.0707. The number of nitrogen functional groups attached to an aromatic ring is 1. The second kappa shape index (κ2) is 9.09. The molecule has 1 unspecified atom stereocenters. The summed E-state index contributed by atoms with van der Waals surface area (Å²) >= 11 is 6.56. The predicted molar refractivity (Wildman–Crippen MR) is 139 cm³/mol. The van der Waals surface area contributed by atoms with Gasteiger partial charge in [0.15, 0.2) is 0 Å². The number of ether oxygens (including phenoxy) is 1. The maximum atomic E-state index is 5.90. The van der Waals surface area contributed by atoms with E-state index >= 15 is 0 Å². The molecule has 9 heteroatoms. The van der Waals surface area contributed by atoms with Gasteiger partial charge in [-0.3, -0.25) is 0 Å². The van der Waals surface area contributed by atoms with Gasteiger partial charge < -0.3 is 26.1 Å². The van der Waals surface area contributed by atoms with Crippen molar-refractivity contribution in [3.8, 4) is 11.1 Å². The topological polar surface area (TPSA) is 104 Å². The third-order valence-corrected chi connectivity index (χ3v) is 7.10. The zero-order valence-electron chi connectivity index (χ0n) is 18.3. The van der Waals surface area contributed by atoms with Crippen molar-refractivity contribution in [3.63, 3.8) is 0 Å². The minimum absolute atomic E-state index is 0.0566. The maximum absolute atomic E-state index is 5.90. The minimum Gasteiger partial charge on any atom is -0.389 e. The largest absolute Gasteiger partial charge is 0.389 e. The highest BCUT2D eigenvalue weighted by molar-refractivity contribution is 7.80. The second-order valence-electron chi connectivity index (χ2n) is 8.33. The van der Waals surface area contributed by atoms with Crippen molar-refractivity contribution < 1.29 is 4.74 Å². The molecule has 0 radical (unpaired) electrons. The van der Waals surface area contributed by atoms with E-state index in [0.717, 1.165) is 42.3 Å². The Morgan fingerprint density at radius 1 is 1.21 bits per heavy atom. The molecule has 1 aliphatic rings. The van der Waals surface area contributed by atoms with Crippen LogP contribution in [0.3, 0.4) is 0 Å². The first-order valence-corrected chi connectivity index (χ1v) is 12.2. The molecular formula is C24H26N6OS2. The van der Waals surface area contributed by atoms with Gasteiger partial charge in [0.05, 0.1) is 6.04 Å². The van der Waals surface area contributed by atoms with Crippen LogP contribution >= 0.6 is 23.6 Å². The van der Waals surface area contributed by atoms with E-state index in [4.69, 9.17) is 28.4 Å². The molecule has 1 atom stereocenters. The monoisotopic (exact) mass is 478 g/mol. The fourth-order valence-corrected chi connectivity index (χ4v) is 5.16. The Morgan fingerprint density at radius 2 is 2.03 bits per heavy atom. The van der Waals surface area contributed by atoms with Crippen molar-refractivity contribution in [3.05, 3.63) is 59.8 Å². The highest BCUT2D eigenvalue weighted by Crippen LogP contribution is 2.37. The molecule has 1 saturated heterocycles. The van der Waals surface area contributed by atoms with Crippen molar-refractivity contribution in [2.45, 2.75) is 31.8 Å².